The second-order valence-electron chi connectivity index (χ2n) is 5.72. The quantitative estimate of drug-likeness (QED) is 0.622. The highest BCUT2D eigenvalue weighted by molar-refractivity contribution is 5.83. The zero-order chi connectivity index (χ0) is 16.6. The number of ether oxygens (including phenoxy) is 1. The molecule has 2 aromatic carbocycles. The topological polar surface area (TPSA) is 54.1 Å². The van der Waals surface area contributed by atoms with Crippen molar-refractivity contribution in [2.45, 2.75) is 19.3 Å². The van der Waals surface area contributed by atoms with E-state index >= 15 is 0 Å². The molecular formula is C20H22N2O2. The van der Waals surface area contributed by atoms with Crippen molar-refractivity contribution in [1.82, 2.24) is 10.3 Å². The Morgan fingerprint density at radius 1 is 1.04 bits per heavy atom. The first-order valence-corrected chi connectivity index (χ1v) is 8.32. The number of aromatic nitrogens is 1. The number of carbonyl (C=O) groups is 1. The number of aromatic amines is 1. The van der Waals surface area contributed by atoms with Crippen molar-refractivity contribution in [3.8, 4) is 5.75 Å². The average molecular weight is 322 g/mol. The van der Waals surface area contributed by atoms with E-state index < -0.39 is 0 Å². The lowest BCUT2D eigenvalue weighted by Gasteiger charge is -2.07. The summed E-state index contributed by atoms with van der Waals surface area (Å²) in [7, 11) is 0. The van der Waals surface area contributed by atoms with Crippen molar-refractivity contribution < 1.29 is 9.53 Å². The summed E-state index contributed by atoms with van der Waals surface area (Å²) >= 11 is 0. The van der Waals surface area contributed by atoms with Crippen LogP contribution in [-0.4, -0.2) is 24.0 Å². The maximum absolute atomic E-state index is 11.9. The number of H-pyrrole nitrogens is 1. The molecule has 124 valence electrons. The molecule has 0 atom stereocenters. The standard InChI is InChI=1S/C20H22N2O2/c23-20(21-13-14-24-17-8-2-1-3-9-17)12-6-7-16-15-22-19-11-5-4-10-18(16)19/h1-5,8-11,15,22H,6-7,12-14H2,(H,21,23). The summed E-state index contributed by atoms with van der Waals surface area (Å²) in [4.78, 5) is 15.1. The number of nitrogens with one attached hydrogen (secondary N) is 2. The van der Waals surface area contributed by atoms with Gasteiger partial charge in [0.15, 0.2) is 0 Å². The predicted octanol–water partition coefficient (Wildman–Crippen LogP) is 3.69. The van der Waals surface area contributed by atoms with Gasteiger partial charge in [-0.3, -0.25) is 4.79 Å². The molecule has 0 aliphatic rings. The van der Waals surface area contributed by atoms with E-state index in [0.717, 1.165) is 24.1 Å². The van der Waals surface area contributed by atoms with Crippen molar-refractivity contribution in [2.24, 2.45) is 0 Å². The van der Waals surface area contributed by atoms with Crippen LogP contribution in [0.3, 0.4) is 0 Å². The molecule has 3 rings (SSSR count). The van der Waals surface area contributed by atoms with Gasteiger partial charge < -0.3 is 15.0 Å². The Kier molecular flexibility index (Phi) is 5.51. The molecule has 0 aliphatic carbocycles. The molecule has 1 aromatic heterocycles. The molecule has 24 heavy (non-hydrogen) atoms. The third-order valence-corrected chi connectivity index (χ3v) is 3.96. The number of hydrogen-bond acceptors (Lipinski definition) is 2. The number of para-hydroxylation sites is 2. The Bertz CT molecular complexity index is 780. The molecule has 4 nitrogen and oxygen atoms in total. The molecule has 0 aliphatic heterocycles. The van der Waals surface area contributed by atoms with Gasteiger partial charge in [-0.15, -0.1) is 0 Å². The maximum Gasteiger partial charge on any atom is 0.220 e. The fourth-order valence-corrected chi connectivity index (χ4v) is 2.74. The second kappa shape index (κ2) is 8.20. The average Bonchev–Trinajstić information content (AvgIpc) is 3.03. The van der Waals surface area contributed by atoms with Crippen LogP contribution >= 0.6 is 0 Å². The van der Waals surface area contributed by atoms with E-state index in [-0.39, 0.29) is 5.91 Å². The van der Waals surface area contributed by atoms with Crippen LogP contribution < -0.4 is 10.1 Å². The molecular weight excluding hydrogens is 300 g/mol. The lowest BCUT2D eigenvalue weighted by molar-refractivity contribution is -0.121. The second-order valence-corrected chi connectivity index (χ2v) is 5.72. The number of fused-ring (bicyclic) bond motifs is 1. The van der Waals surface area contributed by atoms with Crippen molar-refractivity contribution in [3.63, 3.8) is 0 Å². The molecule has 0 saturated carbocycles. The minimum Gasteiger partial charge on any atom is -0.492 e. The summed E-state index contributed by atoms with van der Waals surface area (Å²) < 4.78 is 5.55. The highest BCUT2D eigenvalue weighted by Crippen LogP contribution is 2.19. The Morgan fingerprint density at radius 3 is 2.71 bits per heavy atom. The summed E-state index contributed by atoms with van der Waals surface area (Å²) in [5.74, 6) is 0.901. The number of carbonyl (C=O) groups excluding carboxylic acids is 1. The molecule has 0 unspecified atom stereocenters. The maximum atomic E-state index is 11.9. The van der Waals surface area contributed by atoms with E-state index in [9.17, 15) is 4.79 Å². The fourth-order valence-electron chi connectivity index (χ4n) is 2.74. The van der Waals surface area contributed by atoms with Gasteiger partial charge in [0.25, 0.3) is 0 Å². The Hall–Kier alpha value is -2.75. The van der Waals surface area contributed by atoms with E-state index in [2.05, 4.69) is 22.4 Å². The molecule has 0 bridgehead atoms. The van der Waals surface area contributed by atoms with Gasteiger partial charge in [-0.25, -0.2) is 0 Å². The predicted molar refractivity (Wildman–Crippen MR) is 96.2 cm³/mol. The number of amides is 1. The number of rotatable bonds is 8. The number of aryl methyl sites for hydroxylation is 1. The van der Waals surface area contributed by atoms with Crippen LogP contribution in [0.25, 0.3) is 10.9 Å². The van der Waals surface area contributed by atoms with E-state index in [1.54, 1.807) is 0 Å². The zero-order valence-electron chi connectivity index (χ0n) is 13.6. The van der Waals surface area contributed by atoms with Crippen molar-refractivity contribution in [3.05, 3.63) is 66.4 Å². The third kappa shape index (κ3) is 4.38. The molecule has 0 fully saturated rings. The normalized spacial score (nSPS) is 10.7. The van der Waals surface area contributed by atoms with Crippen LogP contribution in [0.2, 0.25) is 0 Å². The summed E-state index contributed by atoms with van der Waals surface area (Å²) in [6, 6.07) is 17.9. The first-order chi connectivity index (χ1) is 11.8. The molecule has 1 amide bonds. The Balaban J connectivity index is 1.34. The van der Waals surface area contributed by atoms with Gasteiger partial charge in [0.2, 0.25) is 5.91 Å². The van der Waals surface area contributed by atoms with Gasteiger partial charge in [-0.2, -0.15) is 0 Å². The van der Waals surface area contributed by atoms with E-state index in [1.165, 1.54) is 10.9 Å². The van der Waals surface area contributed by atoms with Gasteiger partial charge in [0, 0.05) is 23.5 Å². The van der Waals surface area contributed by atoms with Crippen LogP contribution in [0.5, 0.6) is 5.75 Å². The highest BCUT2D eigenvalue weighted by Gasteiger charge is 2.05. The van der Waals surface area contributed by atoms with Gasteiger partial charge in [-0.05, 0) is 36.6 Å². The van der Waals surface area contributed by atoms with Crippen LogP contribution in [0.15, 0.2) is 60.8 Å². The first-order valence-electron chi connectivity index (χ1n) is 8.32. The molecule has 0 saturated heterocycles. The molecule has 0 spiro atoms. The fraction of sp³-hybridized carbons (Fsp3) is 0.250. The van der Waals surface area contributed by atoms with Gasteiger partial charge in [-0.1, -0.05) is 36.4 Å². The minimum atomic E-state index is 0.0755. The van der Waals surface area contributed by atoms with Crippen LogP contribution in [0.1, 0.15) is 18.4 Å². The van der Waals surface area contributed by atoms with Gasteiger partial charge in [0.05, 0.1) is 6.54 Å². The molecule has 4 heteroatoms. The van der Waals surface area contributed by atoms with Crippen LogP contribution in [0, 0.1) is 0 Å². The Morgan fingerprint density at radius 2 is 1.83 bits per heavy atom. The third-order valence-electron chi connectivity index (χ3n) is 3.96. The molecule has 1 heterocycles. The molecule has 0 radical (unpaired) electrons. The SMILES string of the molecule is O=C(CCCc1c[nH]c2ccccc12)NCCOc1ccccc1. The Labute approximate surface area is 141 Å². The lowest BCUT2D eigenvalue weighted by Crippen LogP contribution is -2.27. The van der Waals surface area contributed by atoms with Crippen LogP contribution in [-0.2, 0) is 11.2 Å². The molecule has 3 aromatic rings. The first kappa shape index (κ1) is 16.1. The summed E-state index contributed by atoms with van der Waals surface area (Å²) in [6.45, 7) is 1.01. The summed E-state index contributed by atoms with van der Waals surface area (Å²) in [5, 5.41) is 4.14. The number of hydrogen-bond donors (Lipinski definition) is 2. The van der Waals surface area contributed by atoms with Crippen molar-refractivity contribution in [1.29, 1.82) is 0 Å². The number of benzene rings is 2. The minimum absolute atomic E-state index is 0.0755. The summed E-state index contributed by atoms with van der Waals surface area (Å²) in [6.07, 6.45) is 4.31. The van der Waals surface area contributed by atoms with Gasteiger partial charge >= 0.3 is 0 Å². The van der Waals surface area contributed by atoms with Crippen molar-refractivity contribution in [2.75, 3.05) is 13.2 Å². The highest BCUT2D eigenvalue weighted by atomic mass is 16.5. The largest absolute Gasteiger partial charge is 0.492 e. The smallest absolute Gasteiger partial charge is 0.220 e. The van der Waals surface area contributed by atoms with Crippen LogP contribution in [0.4, 0.5) is 0 Å². The van der Waals surface area contributed by atoms with E-state index in [4.69, 9.17) is 4.74 Å². The van der Waals surface area contributed by atoms with E-state index in [1.807, 2.05) is 48.7 Å². The monoisotopic (exact) mass is 322 g/mol. The van der Waals surface area contributed by atoms with Gasteiger partial charge in [0.1, 0.15) is 12.4 Å². The lowest BCUT2D eigenvalue weighted by atomic mass is 10.1. The van der Waals surface area contributed by atoms with E-state index in [0.29, 0.717) is 19.6 Å². The molecule has 2 N–H and O–H groups in total. The zero-order valence-corrected chi connectivity index (χ0v) is 13.6. The van der Waals surface area contributed by atoms with Crippen molar-refractivity contribution >= 4 is 16.8 Å². The summed E-state index contributed by atoms with van der Waals surface area (Å²) in [5.41, 5.74) is 2.42.